The van der Waals surface area contributed by atoms with E-state index in [1.54, 1.807) is 18.9 Å². The zero-order valence-electron chi connectivity index (χ0n) is 21.4. The van der Waals surface area contributed by atoms with Crippen LogP contribution in [0.25, 0.3) is 0 Å². The molecule has 0 unspecified atom stereocenters. The molecule has 4 heterocycles. The lowest BCUT2D eigenvalue weighted by Gasteiger charge is -2.50. The summed E-state index contributed by atoms with van der Waals surface area (Å²) >= 11 is 0. The molecule has 0 radical (unpaired) electrons. The first-order valence-corrected chi connectivity index (χ1v) is 13.0. The Morgan fingerprint density at radius 2 is 1.67 bits per heavy atom. The molecule has 0 saturated carbocycles. The van der Waals surface area contributed by atoms with Gasteiger partial charge >= 0.3 is 0 Å². The fourth-order valence-electron chi connectivity index (χ4n) is 5.97. The number of morpholine rings is 1. The second-order valence-electron chi connectivity index (χ2n) is 10.1. The highest BCUT2D eigenvalue weighted by atomic mass is 16.5. The van der Waals surface area contributed by atoms with Crippen LogP contribution in [-0.2, 0) is 25.5 Å². The van der Waals surface area contributed by atoms with E-state index in [0.29, 0.717) is 72.0 Å². The average molecular weight is 500 g/mol. The molecule has 0 spiro atoms. The van der Waals surface area contributed by atoms with Gasteiger partial charge in [0.05, 0.1) is 38.8 Å². The van der Waals surface area contributed by atoms with Gasteiger partial charge in [-0.15, -0.1) is 0 Å². The van der Waals surface area contributed by atoms with Gasteiger partial charge in [0.2, 0.25) is 17.7 Å². The van der Waals surface area contributed by atoms with Crippen molar-refractivity contribution in [2.45, 2.75) is 19.4 Å². The number of methoxy groups -OCH3 is 1. The highest BCUT2D eigenvalue weighted by Gasteiger charge is 2.44. The van der Waals surface area contributed by atoms with Crippen LogP contribution in [0, 0.1) is 5.92 Å². The Balaban J connectivity index is 1.34. The lowest BCUT2D eigenvalue weighted by Crippen LogP contribution is -2.63. The van der Waals surface area contributed by atoms with Crippen molar-refractivity contribution in [2.24, 2.45) is 5.92 Å². The van der Waals surface area contributed by atoms with Crippen molar-refractivity contribution >= 4 is 23.4 Å². The van der Waals surface area contributed by atoms with Crippen LogP contribution in [0.15, 0.2) is 18.2 Å². The van der Waals surface area contributed by atoms with E-state index in [0.717, 1.165) is 30.1 Å². The highest BCUT2D eigenvalue weighted by Crippen LogP contribution is 2.39. The summed E-state index contributed by atoms with van der Waals surface area (Å²) in [6.45, 7) is 8.89. The molecule has 2 atom stereocenters. The summed E-state index contributed by atoms with van der Waals surface area (Å²) in [5.41, 5.74) is 2.29. The van der Waals surface area contributed by atoms with Gasteiger partial charge in [-0.25, -0.2) is 0 Å². The predicted octanol–water partition coefficient (Wildman–Crippen LogP) is -0.0924. The number of rotatable bonds is 4. The Morgan fingerprint density at radius 1 is 0.944 bits per heavy atom. The van der Waals surface area contributed by atoms with E-state index < -0.39 is 0 Å². The van der Waals surface area contributed by atoms with Gasteiger partial charge < -0.3 is 29.1 Å². The van der Waals surface area contributed by atoms with E-state index in [4.69, 9.17) is 9.47 Å². The number of ether oxygens (including phenoxy) is 2. The quantitative estimate of drug-likeness (QED) is 0.572. The molecule has 0 aromatic heterocycles. The maximum Gasteiger partial charge on any atom is 0.236 e. The first-order valence-electron chi connectivity index (χ1n) is 13.0. The average Bonchev–Trinajstić information content (AvgIpc) is 2.92. The van der Waals surface area contributed by atoms with Gasteiger partial charge in [0.1, 0.15) is 5.75 Å². The summed E-state index contributed by atoms with van der Waals surface area (Å²) in [6, 6.07) is 6.09. The molecule has 196 valence electrons. The van der Waals surface area contributed by atoms with Crippen LogP contribution in [0.3, 0.4) is 0 Å². The second-order valence-corrected chi connectivity index (χ2v) is 10.1. The van der Waals surface area contributed by atoms with Crippen LogP contribution in [0.5, 0.6) is 5.75 Å². The van der Waals surface area contributed by atoms with Crippen LogP contribution in [0.2, 0.25) is 0 Å². The molecule has 36 heavy (non-hydrogen) atoms. The molecular weight excluding hydrogens is 462 g/mol. The molecule has 10 nitrogen and oxygen atoms in total. The van der Waals surface area contributed by atoms with Crippen molar-refractivity contribution in [1.29, 1.82) is 0 Å². The smallest absolute Gasteiger partial charge is 0.236 e. The SMILES string of the molecule is COc1ccc2c(c1)N1CCN(CC(=O)N3CCOCC3)C[C@@H]1[C@H](C(=O)N1CCN(C(C)=O)CC1)C2. The van der Waals surface area contributed by atoms with E-state index in [1.807, 2.05) is 15.9 Å². The molecule has 4 aliphatic heterocycles. The Bertz CT molecular complexity index is 989. The van der Waals surface area contributed by atoms with Gasteiger partial charge in [0.15, 0.2) is 0 Å². The van der Waals surface area contributed by atoms with Crippen LogP contribution in [-0.4, -0.2) is 129 Å². The van der Waals surface area contributed by atoms with Crippen LogP contribution in [0.1, 0.15) is 12.5 Å². The number of nitrogens with zero attached hydrogens (tertiary/aromatic N) is 5. The highest BCUT2D eigenvalue weighted by molar-refractivity contribution is 5.83. The lowest BCUT2D eigenvalue weighted by molar-refractivity contribution is -0.142. The first kappa shape index (κ1) is 24.8. The number of carbonyl (C=O) groups is 3. The maximum atomic E-state index is 13.9. The predicted molar refractivity (Wildman–Crippen MR) is 134 cm³/mol. The van der Waals surface area contributed by atoms with E-state index in [2.05, 4.69) is 21.9 Å². The van der Waals surface area contributed by atoms with Crippen molar-refractivity contribution in [3.8, 4) is 5.75 Å². The largest absolute Gasteiger partial charge is 0.497 e. The molecule has 0 bridgehead atoms. The molecule has 1 aromatic rings. The Labute approximate surface area is 212 Å². The van der Waals surface area contributed by atoms with Gasteiger partial charge in [-0.3, -0.25) is 19.3 Å². The summed E-state index contributed by atoms with van der Waals surface area (Å²) in [7, 11) is 1.67. The molecule has 4 aliphatic rings. The maximum absolute atomic E-state index is 13.9. The molecule has 10 heteroatoms. The first-order chi connectivity index (χ1) is 17.4. The third-order valence-corrected chi connectivity index (χ3v) is 8.09. The van der Waals surface area contributed by atoms with E-state index >= 15 is 0 Å². The topological polar surface area (TPSA) is 85.9 Å². The van der Waals surface area contributed by atoms with Crippen LogP contribution in [0.4, 0.5) is 5.69 Å². The molecule has 3 amide bonds. The fraction of sp³-hybridized carbons (Fsp3) is 0.654. The second kappa shape index (κ2) is 10.6. The van der Waals surface area contributed by atoms with Crippen molar-refractivity contribution in [3.05, 3.63) is 23.8 Å². The number of amides is 3. The van der Waals surface area contributed by atoms with Crippen molar-refractivity contribution in [3.63, 3.8) is 0 Å². The third-order valence-electron chi connectivity index (χ3n) is 8.09. The lowest BCUT2D eigenvalue weighted by atomic mass is 9.82. The van der Waals surface area contributed by atoms with Crippen LogP contribution >= 0.6 is 0 Å². The molecule has 3 fully saturated rings. The Morgan fingerprint density at radius 3 is 2.36 bits per heavy atom. The van der Waals surface area contributed by atoms with Gasteiger partial charge in [0, 0.05) is 77.6 Å². The molecule has 0 N–H and O–H groups in total. The molecule has 3 saturated heterocycles. The third kappa shape index (κ3) is 5.01. The van der Waals surface area contributed by atoms with Gasteiger partial charge in [-0.2, -0.15) is 0 Å². The normalized spacial score (nSPS) is 24.7. The number of hydrogen-bond donors (Lipinski definition) is 0. The van der Waals surface area contributed by atoms with E-state index in [-0.39, 0.29) is 29.7 Å². The molecule has 1 aromatic carbocycles. The monoisotopic (exact) mass is 499 g/mol. The molecule has 5 rings (SSSR count). The van der Waals surface area contributed by atoms with Gasteiger partial charge in [0.25, 0.3) is 0 Å². The number of fused-ring (bicyclic) bond motifs is 3. The van der Waals surface area contributed by atoms with E-state index in [1.165, 1.54) is 0 Å². The van der Waals surface area contributed by atoms with Crippen molar-refractivity contribution < 1.29 is 23.9 Å². The van der Waals surface area contributed by atoms with Gasteiger partial charge in [-0.05, 0) is 18.1 Å². The van der Waals surface area contributed by atoms with Gasteiger partial charge in [-0.1, -0.05) is 6.07 Å². The van der Waals surface area contributed by atoms with Crippen molar-refractivity contribution in [2.75, 3.05) is 90.7 Å². The number of anilines is 1. The van der Waals surface area contributed by atoms with E-state index in [9.17, 15) is 14.4 Å². The van der Waals surface area contributed by atoms with Crippen LogP contribution < -0.4 is 9.64 Å². The summed E-state index contributed by atoms with van der Waals surface area (Å²) in [5.74, 6) is 0.948. The number of piperazine rings is 2. The summed E-state index contributed by atoms with van der Waals surface area (Å²) in [4.78, 5) is 48.7. The zero-order chi connectivity index (χ0) is 25.2. The molecular formula is C26H37N5O5. The minimum Gasteiger partial charge on any atom is -0.497 e. The number of benzene rings is 1. The summed E-state index contributed by atoms with van der Waals surface area (Å²) in [6.07, 6.45) is 0.664. The standard InChI is InChI=1S/C26H37N5O5/c1-19(32)28-6-8-30(9-7-28)26(34)22-15-20-3-4-21(35-2)16-23(20)31-10-5-27(17-24(22)31)18-25(33)29-11-13-36-14-12-29/h3-4,16,22,24H,5-15,17-18H2,1-2H3/t22-,24-/m1/s1. The summed E-state index contributed by atoms with van der Waals surface area (Å²) in [5, 5.41) is 0. The summed E-state index contributed by atoms with van der Waals surface area (Å²) < 4.78 is 10.9. The number of hydrogen-bond acceptors (Lipinski definition) is 7. The van der Waals surface area contributed by atoms with Crippen molar-refractivity contribution in [1.82, 2.24) is 19.6 Å². The minimum atomic E-state index is -0.198. The molecule has 0 aliphatic carbocycles. The minimum absolute atomic E-state index is 0.0193. The Hall–Kier alpha value is -2.85. The number of carbonyl (C=O) groups excluding carboxylic acids is 3. The Kier molecular flexibility index (Phi) is 7.34. The zero-order valence-corrected chi connectivity index (χ0v) is 21.4. The fourth-order valence-corrected chi connectivity index (χ4v) is 5.97.